The molecule has 0 aromatic heterocycles. The number of carbonyl (C=O) groups excluding carboxylic acids is 1. The molecule has 1 rings (SSSR count). The lowest BCUT2D eigenvalue weighted by Crippen LogP contribution is -2.49. The van der Waals surface area contributed by atoms with E-state index in [1.165, 1.54) is 7.11 Å². The Balaban J connectivity index is 2.59. The van der Waals surface area contributed by atoms with Gasteiger partial charge < -0.3 is 9.47 Å². The highest BCUT2D eigenvalue weighted by atomic mass is 16.5. The molecular formula is C11H21NO3. The Morgan fingerprint density at radius 1 is 1.47 bits per heavy atom. The van der Waals surface area contributed by atoms with Crippen LogP contribution in [0.5, 0.6) is 0 Å². The number of esters is 1. The highest BCUT2D eigenvalue weighted by molar-refractivity contribution is 5.76. The van der Waals surface area contributed by atoms with Crippen molar-refractivity contribution < 1.29 is 14.3 Å². The van der Waals surface area contributed by atoms with Crippen LogP contribution in [0.3, 0.4) is 0 Å². The molecule has 0 spiro atoms. The zero-order chi connectivity index (χ0) is 11.4. The predicted molar refractivity (Wildman–Crippen MR) is 57.6 cm³/mol. The lowest BCUT2D eigenvalue weighted by atomic mass is 10.1. The van der Waals surface area contributed by atoms with E-state index < -0.39 is 0 Å². The number of nitrogens with one attached hydrogen (secondary N) is 1. The lowest BCUT2D eigenvalue weighted by molar-refractivity contribution is -0.147. The van der Waals surface area contributed by atoms with E-state index in [0.717, 1.165) is 12.8 Å². The van der Waals surface area contributed by atoms with Gasteiger partial charge >= 0.3 is 5.97 Å². The second-order valence-corrected chi connectivity index (χ2v) is 4.38. The van der Waals surface area contributed by atoms with E-state index >= 15 is 0 Å². The molecule has 1 fully saturated rings. The first kappa shape index (κ1) is 12.5. The lowest BCUT2D eigenvalue weighted by Gasteiger charge is -2.24. The van der Waals surface area contributed by atoms with Crippen LogP contribution in [0.4, 0.5) is 0 Å². The van der Waals surface area contributed by atoms with Gasteiger partial charge in [-0.3, -0.25) is 10.1 Å². The van der Waals surface area contributed by atoms with Crippen LogP contribution in [0, 0.1) is 0 Å². The van der Waals surface area contributed by atoms with Crippen molar-refractivity contribution in [2.75, 3.05) is 7.11 Å². The topological polar surface area (TPSA) is 47.6 Å². The van der Waals surface area contributed by atoms with E-state index in [4.69, 9.17) is 9.47 Å². The van der Waals surface area contributed by atoms with Gasteiger partial charge in [-0.15, -0.1) is 0 Å². The highest BCUT2D eigenvalue weighted by Gasteiger charge is 2.35. The zero-order valence-electron chi connectivity index (χ0n) is 9.95. The molecular weight excluding hydrogens is 194 g/mol. The van der Waals surface area contributed by atoms with Crippen molar-refractivity contribution in [1.82, 2.24) is 5.32 Å². The number of carbonyl (C=O) groups is 1. The summed E-state index contributed by atoms with van der Waals surface area (Å²) in [6, 6.07) is -0.0893. The molecule has 15 heavy (non-hydrogen) atoms. The summed E-state index contributed by atoms with van der Waals surface area (Å²) in [5.41, 5.74) is 0. The molecule has 1 aliphatic rings. The Hall–Kier alpha value is -0.610. The van der Waals surface area contributed by atoms with Crippen LogP contribution in [0.1, 0.15) is 33.6 Å². The van der Waals surface area contributed by atoms with Gasteiger partial charge in [0.15, 0.2) is 0 Å². The highest BCUT2D eigenvalue weighted by Crippen LogP contribution is 2.22. The second-order valence-electron chi connectivity index (χ2n) is 4.38. The molecule has 0 bridgehead atoms. The van der Waals surface area contributed by atoms with E-state index in [0.29, 0.717) is 0 Å². The zero-order valence-corrected chi connectivity index (χ0v) is 9.95. The van der Waals surface area contributed by atoms with Gasteiger partial charge in [0.25, 0.3) is 0 Å². The third-order valence-corrected chi connectivity index (χ3v) is 2.60. The Bertz CT molecular complexity index is 218. The molecule has 88 valence electrons. The van der Waals surface area contributed by atoms with Crippen molar-refractivity contribution in [1.29, 1.82) is 0 Å². The second kappa shape index (κ2) is 5.47. The number of hydrogen-bond acceptors (Lipinski definition) is 4. The first-order valence-corrected chi connectivity index (χ1v) is 5.54. The van der Waals surface area contributed by atoms with Crippen molar-refractivity contribution in [2.24, 2.45) is 0 Å². The van der Waals surface area contributed by atoms with Gasteiger partial charge in [0.2, 0.25) is 0 Å². The van der Waals surface area contributed by atoms with Crippen molar-refractivity contribution >= 4 is 5.97 Å². The molecule has 1 N–H and O–H groups in total. The van der Waals surface area contributed by atoms with Gasteiger partial charge in [-0.25, -0.2) is 0 Å². The Labute approximate surface area is 91.3 Å². The van der Waals surface area contributed by atoms with Gasteiger partial charge in [-0.1, -0.05) is 13.8 Å². The van der Waals surface area contributed by atoms with Crippen molar-refractivity contribution in [3.8, 4) is 0 Å². The van der Waals surface area contributed by atoms with Crippen LogP contribution in [-0.2, 0) is 14.3 Å². The quantitative estimate of drug-likeness (QED) is 0.713. The summed E-state index contributed by atoms with van der Waals surface area (Å²) in [7, 11) is 1.41. The largest absolute Gasteiger partial charge is 0.468 e. The summed E-state index contributed by atoms with van der Waals surface area (Å²) in [6.07, 6.45) is 2.13. The van der Waals surface area contributed by atoms with Crippen LogP contribution >= 0.6 is 0 Å². The first-order valence-electron chi connectivity index (χ1n) is 5.54. The van der Waals surface area contributed by atoms with Gasteiger partial charge in [0, 0.05) is 6.04 Å². The molecule has 4 heteroatoms. The van der Waals surface area contributed by atoms with Crippen LogP contribution < -0.4 is 5.32 Å². The van der Waals surface area contributed by atoms with Crippen molar-refractivity contribution in [3.05, 3.63) is 0 Å². The molecule has 1 heterocycles. The normalized spacial score (nSPS) is 28.1. The van der Waals surface area contributed by atoms with Crippen molar-refractivity contribution in [3.63, 3.8) is 0 Å². The molecule has 0 radical (unpaired) electrons. The number of methoxy groups -OCH3 is 1. The molecule has 0 amide bonds. The van der Waals surface area contributed by atoms with Gasteiger partial charge in [-0.05, 0) is 19.8 Å². The third kappa shape index (κ3) is 3.47. The standard InChI is InChI=1S/C11H21NO3/c1-7(2)12-10(11(13)14-4)9-6-5-8(3)15-9/h7-10,12H,5-6H2,1-4H3. The molecule has 3 atom stereocenters. The average Bonchev–Trinajstić information content (AvgIpc) is 2.59. The van der Waals surface area contributed by atoms with Gasteiger partial charge in [0.05, 0.1) is 19.3 Å². The monoisotopic (exact) mass is 215 g/mol. The molecule has 0 aromatic carbocycles. The summed E-state index contributed by atoms with van der Waals surface area (Å²) >= 11 is 0. The maximum absolute atomic E-state index is 11.6. The average molecular weight is 215 g/mol. The van der Waals surface area contributed by atoms with Crippen LogP contribution in [0.15, 0.2) is 0 Å². The van der Waals surface area contributed by atoms with E-state index in [1.807, 2.05) is 20.8 Å². The molecule has 0 aromatic rings. The van der Waals surface area contributed by atoms with E-state index in [-0.39, 0.29) is 30.3 Å². The smallest absolute Gasteiger partial charge is 0.325 e. The SMILES string of the molecule is COC(=O)C(NC(C)C)C1CCC(C)O1. The van der Waals surface area contributed by atoms with Crippen molar-refractivity contribution in [2.45, 2.75) is 57.9 Å². The maximum Gasteiger partial charge on any atom is 0.325 e. The summed E-state index contributed by atoms with van der Waals surface area (Å²) < 4.78 is 10.5. The molecule has 4 nitrogen and oxygen atoms in total. The van der Waals surface area contributed by atoms with Crippen LogP contribution in [0.25, 0.3) is 0 Å². The molecule has 0 aliphatic carbocycles. The van der Waals surface area contributed by atoms with E-state index in [2.05, 4.69) is 5.32 Å². The number of ether oxygens (including phenoxy) is 2. The minimum Gasteiger partial charge on any atom is -0.468 e. The molecule has 3 unspecified atom stereocenters. The van der Waals surface area contributed by atoms with E-state index in [1.54, 1.807) is 0 Å². The molecule has 1 saturated heterocycles. The predicted octanol–water partition coefficient (Wildman–Crippen LogP) is 1.09. The minimum atomic E-state index is -0.333. The maximum atomic E-state index is 11.6. The molecule has 1 aliphatic heterocycles. The Morgan fingerprint density at radius 3 is 2.53 bits per heavy atom. The third-order valence-electron chi connectivity index (χ3n) is 2.60. The van der Waals surface area contributed by atoms with Gasteiger partial charge in [-0.2, -0.15) is 0 Å². The number of rotatable bonds is 4. The van der Waals surface area contributed by atoms with Crippen LogP contribution in [0.2, 0.25) is 0 Å². The Kier molecular flexibility index (Phi) is 4.54. The van der Waals surface area contributed by atoms with Gasteiger partial charge in [0.1, 0.15) is 6.04 Å². The summed E-state index contributed by atoms with van der Waals surface area (Å²) in [6.45, 7) is 6.05. The summed E-state index contributed by atoms with van der Waals surface area (Å²) in [4.78, 5) is 11.6. The summed E-state index contributed by atoms with van der Waals surface area (Å²) in [5.74, 6) is -0.234. The fourth-order valence-corrected chi connectivity index (χ4v) is 1.89. The fraction of sp³-hybridized carbons (Fsp3) is 0.909. The molecule has 0 saturated carbocycles. The summed E-state index contributed by atoms with van der Waals surface area (Å²) in [5, 5.41) is 3.19. The minimum absolute atomic E-state index is 0.0464. The first-order chi connectivity index (χ1) is 7.04. The Morgan fingerprint density at radius 2 is 2.13 bits per heavy atom. The van der Waals surface area contributed by atoms with Crippen LogP contribution in [-0.4, -0.2) is 37.4 Å². The number of hydrogen-bond donors (Lipinski definition) is 1. The van der Waals surface area contributed by atoms with E-state index in [9.17, 15) is 4.79 Å². The fourth-order valence-electron chi connectivity index (χ4n) is 1.89.